The molecular weight excluding hydrogens is 450 g/mol. The van der Waals surface area contributed by atoms with E-state index in [1.54, 1.807) is 0 Å². The highest BCUT2D eigenvalue weighted by atomic mass is 19.1. The molecule has 4 saturated carbocycles. The number of unbranched alkanes of at least 4 members (excludes halogenated alkanes) is 5. The molecule has 3 atom stereocenters. The lowest BCUT2D eigenvalue weighted by Crippen LogP contribution is -2.47. The van der Waals surface area contributed by atoms with Gasteiger partial charge in [-0.3, -0.25) is 0 Å². The number of halogens is 2. The molecule has 5 fully saturated rings. The van der Waals surface area contributed by atoms with E-state index in [2.05, 4.69) is 38.1 Å². The molecule has 202 valence electrons. The number of hydrogen-bond donors (Lipinski definition) is 0. The maximum Gasteiger partial charge on any atom is 0.159 e. The van der Waals surface area contributed by atoms with Gasteiger partial charge in [0, 0.05) is 0 Å². The Morgan fingerprint density at radius 1 is 0.750 bits per heavy atom. The average Bonchev–Trinajstić information content (AvgIpc) is 3.53. The zero-order chi connectivity index (χ0) is 25.4. The number of alkyl halides is 2. The van der Waals surface area contributed by atoms with Crippen LogP contribution in [0.2, 0.25) is 0 Å². The third kappa shape index (κ3) is 4.58. The van der Waals surface area contributed by atoms with Crippen LogP contribution < -0.4 is 0 Å². The van der Waals surface area contributed by atoms with Gasteiger partial charge in [0.1, 0.15) is 17.9 Å². The minimum atomic E-state index is -1.22. The third-order valence-corrected chi connectivity index (χ3v) is 11.3. The van der Waals surface area contributed by atoms with Crippen molar-refractivity contribution in [2.75, 3.05) is 0 Å². The van der Waals surface area contributed by atoms with Crippen LogP contribution in [-0.4, -0.2) is 23.5 Å². The second-order valence-electron chi connectivity index (χ2n) is 13.4. The Bertz CT molecular complexity index is 842. The molecule has 0 N–H and O–H groups in total. The first-order chi connectivity index (χ1) is 17.3. The summed E-state index contributed by atoms with van der Waals surface area (Å²) in [6, 6.07) is 9.01. The van der Waals surface area contributed by atoms with Gasteiger partial charge >= 0.3 is 0 Å². The van der Waals surface area contributed by atoms with Gasteiger partial charge in [0.2, 0.25) is 0 Å². The molecule has 1 aliphatic heterocycles. The molecule has 0 radical (unpaired) electrons. The Balaban J connectivity index is 1.19. The van der Waals surface area contributed by atoms with E-state index < -0.39 is 23.5 Å². The van der Waals surface area contributed by atoms with E-state index in [1.165, 1.54) is 82.6 Å². The Kier molecular flexibility index (Phi) is 7.63. The minimum absolute atomic E-state index is 0.0513. The van der Waals surface area contributed by atoms with E-state index in [1.807, 2.05) is 6.92 Å². The fourth-order valence-corrected chi connectivity index (χ4v) is 8.62. The molecule has 3 unspecified atom stereocenters. The molecule has 1 heterocycles. The summed E-state index contributed by atoms with van der Waals surface area (Å²) in [5.41, 5.74) is 1.73. The third-order valence-electron chi connectivity index (χ3n) is 11.3. The summed E-state index contributed by atoms with van der Waals surface area (Å²) in [6.07, 6.45) is 17.2. The topological polar surface area (TPSA) is 12.5 Å². The van der Waals surface area contributed by atoms with Crippen LogP contribution in [0.15, 0.2) is 24.3 Å². The van der Waals surface area contributed by atoms with E-state index in [-0.39, 0.29) is 5.92 Å². The molecule has 5 aliphatic rings. The van der Waals surface area contributed by atoms with Crippen molar-refractivity contribution in [3.63, 3.8) is 0 Å². The van der Waals surface area contributed by atoms with Crippen molar-refractivity contribution in [3.05, 3.63) is 35.4 Å². The minimum Gasteiger partial charge on any atom is -0.356 e. The predicted molar refractivity (Wildman–Crippen MR) is 145 cm³/mol. The average molecular weight is 501 g/mol. The van der Waals surface area contributed by atoms with Crippen molar-refractivity contribution >= 4 is 0 Å². The lowest BCUT2D eigenvalue weighted by Gasteiger charge is -2.54. The highest BCUT2D eigenvalue weighted by molar-refractivity contribution is 5.35. The van der Waals surface area contributed by atoms with Crippen molar-refractivity contribution in [1.82, 2.24) is 0 Å². The Labute approximate surface area is 219 Å². The smallest absolute Gasteiger partial charge is 0.159 e. The maximum atomic E-state index is 15.6. The quantitative estimate of drug-likeness (QED) is 0.217. The van der Waals surface area contributed by atoms with Crippen molar-refractivity contribution in [2.24, 2.45) is 5.41 Å². The monoisotopic (exact) mass is 500 g/mol. The van der Waals surface area contributed by atoms with Gasteiger partial charge in [0.25, 0.3) is 0 Å². The number of benzene rings is 1. The number of rotatable bonds is 11. The molecule has 2 bridgehead atoms. The lowest BCUT2D eigenvalue weighted by molar-refractivity contribution is 0.0292. The number of ether oxygens (including phenoxy) is 1. The SMILES string of the molecule is CCCCCCC1(C)OC12C(F)CC(c1ccc(C34CCC(CCCCC)(CC3)CC4)cc1)CC2F. The van der Waals surface area contributed by atoms with E-state index >= 15 is 8.78 Å². The van der Waals surface area contributed by atoms with Crippen molar-refractivity contribution in [3.8, 4) is 0 Å². The van der Waals surface area contributed by atoms with Gasteiger partial charge in [-0.15, -0.1) is 0 Å². The molecule has 1 saturated heterocycles. The van der Waals surface area contributed by atoms with Gasteiger partial charge in [-0.1, -0.05) is 83.1 Å². The first-order valence-corrected chi connectivity index (χ1v) is 15.4. The van der Waals surface area contributed by atoms with Crippen LogP contribution in [0.4, 0.5) is 8.78 Å². The van der Waals surface area contributed by atoms with Gasteiger partial charge in [0.05, 0.1) is 0 Å². The molecule has 1 aromatic carbocycles. The van der Waals surface area contributed by atoms with Crippen molar-refractivity contribution in [1.29, 1.82) is 0 Å². The van der Waals surface area contributed by atoms with E-state index in [4.69, 9.17) is 4.74 Å². The molecule has 4 aliphatic carbocycles. The zero-order valence-electron chi connectivity index (χ0n) is 23.2. The fourth-order valence-electron chi connectivity index (χ4n) is 8.62. The Hall–Kier alpha value is -0.960. The van der Waals surface area contributed by atoms with Crippen LogP contribution in [0.25, 0.3) is 0 Å². The van der Waals surface area contributed by atoms with Crippen LogP contribution in [0, 0.1) is 5.41 Å². The van der Waals surface area contributed by atoms with Crippen molar-refractivity contribution < 1.29 is 13.5 Å². The Morgan fingerprint density at radius 2 is 1.31 bits per heavy atom. The highest BCUT2D eigenvalue weighted by Gasteiger charge is 2.76. The summed E-state index contributed by atoms with van der Waals surface area (Å²) in [5.74, 6) is -0.0513. The van der Waals surface area contributed by atoms with Crippen molar-refractivity contribution in [2.45, 2.75) is 165 Å². The first kappa shape index (κ1) is 26.6. The van der Waals surface area contributed by atoms with Gasteiger partial charge in [-0.25, -0.2) is 8.78 Å². The summed E-state index contributed by atoms with van der Waals surface area (Å²) >= 11 is 0. The molecule has 0 aromatic heterocycles. The molecule has 6 rings (SSSR count). The molecule has 1 aromatic rings. The number of fused-ring (bicyclic) bond motifs is 3. The largest absolute Gasteiger partial charge is 0.356 e. The first-order valence-electron chi connectivity index (χ1n) is 15.4. The summed E-state index contributed by atoms with van der Waals surface area (Å²) in [7, 11) is 0. The fraction of sp³-hybridized carbons (Fsp3) is 0.818. The van der Waals surface area contributed by atoms with Crippen LogP contribution in [0.3, 0.4) is 0 Å². The number of hydrogen-bond acceptors (Lipinski definition) is 1. The standard InChI is InChI=1S/C33H50F2O/c1-4-6-8-10-15-30(3)33(36-30)28(34)23-26(24-29(33)35)25-11-13-27(14-12-25)32-20-17-31(18-21-32,19-22-32)16-9-7-5-2/h11-14,26,28-29H,4-10,15-24H2,1-3H3. The van der Waals surface area contributed by atoms with Crippen LogP contribution in [-0.2, 0) is 10.2 Å². The van der Waals surface area contributed by atoms with Crippen LogP contribution in [0.1, 0.15) is 147 Å². The Morgan fingerprint density at radius 3 is 1.89 bits per heavy atom. The summed E-state index contributed by atoms with van der Waals surface area (Å²) in [6.45, 7) is 6.43. The van der Waals surface area contributed by atoms with Crippen LogP contribution >= 0.6 is 0 Å². The van der Waals surface area contributed by atoms with E-state index in [0.29, 0.717) is 23.7 Å². The van der Waals surface area contributed by atoms with E-state index in [0.717, 1.165) is 24.8 Å². The molecule has 0 amide bonds. The highest BCUT2D eigenvalue weighted by Crippen LogP contribution is 2.63. The molecule has 1 nitrogen and oxygen atoms in total. The van der Waals surface area contributed by atoms with Gasteiger partial charge in [-0.2, -0.15) is 0 Å². The molecule has 36 heavy (non-hydrogen) atoms. The van der Waals surface area contributed by atoms with Gasteiger partial charge in [-0.05, 0) is 99.0 Å². The predicted octanol–water partition coefficient (Wildman–Crippen LogP) is 9.91. The molecule has 1 spiro atoms. The van der Waals surface area contributed by atoms with Gasteiger partial charge < -0.3 is 4.74 Å². The summed E-state index contributed by atoms with van der Waals surface area (Å²) in [5, 5.41) is 0. The van der Waals surface area contributed by atoms with Gasteiger partial charge in [0.15, 0.2) is 5.60 Å². The molecule has 3 heteroatoms. The van der Waals surface area contributed by atoms with Crippen LogP contribution in [0.5, 0.6) is 0 Å². The lowest BCUT2D eigenvalue weighted by atomic mass is 9.51. The zero-order valence-corrected chi connectivity index (χ0v) is 23.2. The second kappa shape index (κ2) is 10.3. The second-order valence-corrected chi connectivity index (χ2v) is 13.4. The maximum absolute atomic E-state index is 15.6. The summed E-state index contributed by atoms with van der Waals surface area (Å²) < 4.78 is 37.0. The normalized spacial score (nSPS) is 41.6. The van der Waals surface area contributed by atoms with E-state index in [9.17, 15) is 0 Å². The summed E-state index contributed by atoms with van der Waals surface area (Å²) in [4.78, 5) is 0. The molecular formula is C33H50F2O. The number of epoxide rings is 1.